The third-order valence-electron chi connectivity index (χ3n) is 3.30. The van der Waals surface area contributed by atoms with Crippen LogP contribution in [0.3, 0.4) is 0 Å². The first-order valence-electron chi connectivity index (χ1n) is 5.95. The predicted octanol–water partition coefficient (Wildman–Crippen LogP) is 2.27. The molecule has 0 spiro atoms. The minimum Gasteiger partial charge on any atom is -0.384 e. The third kappa shape index (κ3) is 2.48. The van der Waals surface area contributed by atoms with E-state index in [9.17, 15) is 13.9 Å². The van der Waals surface area contributed by atoms with Crippen LogP contribution in [0.15, 0.2) is 18.2 Å². The van der Waals surface area contributed by atoms with Crippen molar-refractivity contribution in [2.45, 2.75) is 25.4 Å². The van der Waals surface area contributed by atoms with Crippen molar-refractivity contribution in [3.63, 3.8) is 0 Å². The van der Waals surface area contributed by atoms with Crippen molar-refractivity contribution in [1.29, 1.82) is 0 Å². The molecule has 0 aromatic heterocycles. The van der Waals surface area contributed by atoms with Gasteiger partial charge >= 0.3 is 0 Å². The number of β-amino-alcohol motifs (C(OH)–C–C–N with tert-alkyl or cyclic N) is 1. The van der Waals surface area contributed by atoms with Gasteiger partial charge in [0.05, 0.1) is 0 Å². The maximum Gasteiger partial charge on any atom is 0.132 e. The molecule has 1 aromatic rings. The molecule has 0 saturated carbocycles. The highest BCUT2D eigenvalue weighted by atomic mass is 19.1. The highest BCUT2D eigenvalue weighted by molar-refractivity contribution is 5.26. The van der Waals surface area contributed by atoms with Gasteiger partial charge in [-0.2, -0.15) is 0 Å². The molecule has 2 nitrogen and oxygen atoms in total. The summed E-state index contributed by atoms with van der Waals surface area (Å²) in [5.41, 5.74) is -0.968. The van der Waals surface area contributed by atoms with Crippen LogP contribution >= 0.6 is 0 Å². The van der Waals surface area contributed by atoms with Crippen LogP contribution in [0.1, 0.15) is 25.3 Å². The Bertz CT molecular complexity index is 410. The molecule has 1 atom stereocenters. The van der Waals surface area contributed by atoms with Crippen molar-refractivity contribution in [3.8, 4) is 0 Å². The summed E-state index contributed by atoms with van der Waals surface area (Å²) in [5, 5.41) is 10.4. The third-order valence-corrected chi connectivity index (χ3v) is 3.30. The molecule has 1 aliphatic rings. The normalized spacial score (nSPS) is 25.4. The zero-order valence-corrected chi connectivity index (χ0v) is 9.92. The molecule has 0 amide bonds. The molecule has 1 aliphatic heterocycles. The molecule has 1 heterocycles. The van der Waals surface area contributed by atoms with Crippen LogP contribution in [-0.4, -0.2) is 29.6 Å². The number of hydrogen-bond donors (Lipinski definition) is 1. The summed E-state index contributed by atoms with van der Waals surface area (Å²) in [7, 11) is 0. The van der Waals surface area contributed by atoms with Gasteiger partial charge in [-0.15, -0.1) is 0 Å². The van der Waals surface area contributed by atoms with Crippen LogP contribution in [-0.2, 0) is 5.60 Å². The monoisotopic (exact) mass is 241 g/mol. The summed E-state index contributed by atoms with van der Waals surface area (Å²) in [4.78, 5) is 2.10. The number of likely N-dealkylation sites (tertiary alicyclic amines) is 1. The minimum atomic E-state index is -1.17. The maximum atomic E-state index is 13.6. The topological polar surface area (TPSA) is 23.5 Å². The first-order chi connectivity index (χ1) is 8.05. The van der Waals surface area contributed by atoms with Crippen molar-refractivity contribution >= 4 is 0 Å². The summed E-state index contributed by atoms with van der Waals surface area (Å²) in [6.07, 6.45) is 1.50. The number of benzene rings is 1. The van der Waals surface area contributed by atoms with Gasteiger partial charge in [0.25, 0.3) is 0 Å². The van der Waals surface area contributed by atoms with Crippen molar-refractivity contribution in [3.05, 3.63) is 35.4 Å². The molecule has 2 rings (SSSR count). The molecular formula is C13H17F2NO. The summed E-state index contributed by atoms with van der Waals surface area (Å²) in [6.45, 7) is 4.13. The van der Waals surface area contributed by atoms with E-state index in [0.717, 1.165) is 25.6 Å². The van der Waals surface area contributed by atoms with Crippen LogP contribution in [0.25, 0.3) is 0 Å². The fourth-order valence-corrected chi connectivity index (χ4v) is 2.46. The smallest absolute Gasteiger partial charge is 0.132 e. The van der Waals surface area contributed by atoms with E-state index in [1.807, 2.05) is 0 Å². The quantitative estimate of drug-likeness (QED) is 0.877. The highest BCUT2D eigenvalue weighted by Gasteiger charge is 2.39. The lowest BCUT2D eigenvalue weighted by Gasteiger charge is -2.24. The van der Waals surface area contributed by atoms with E-state index >= 15 is 0 Å². The van der Waals surface area contributed by atoms with E-state index in [2.05, 4.69) is 11.8 Å². The Morgan fingerprint density at radius 2 is 2.18 bits per heavy atom. The van der Waals surface area contributed by atoms with Crippen LogP contribution in [0, 0.1) is 11.6 Å². The van der Waals surface area contributed by atoms with Gasteiger partial charge in [-0.1, -0.05) is 13.0 Å². The number of halogens is 2. The van der Waals surface area contributed by atoms with Crippen molar-refractivity contribution in [2.75, 3.05) is 19.6 Å². The van der Waals surface area contributed by atoms with Gasteiger partial charge in [-0.25, -0.2) is 8.78 Å². The Morgan fingerprint density at radius 3 is 2.82 bits per heavy atom. The summed E-state index contributed by atoms with van der Waals surface area (Å²) in [6, 6.07) is 3.37. The van der Waals surface area contributed by atoms with Gasteiger partial charge < -0.3 is 10.0 Å². The lowest BCUT2D eigenvalue weighted by atomic mass is 9.92. The second kappa shape index (κ2) is 4.70. The van der Waals surface area contributed by atoms with E-state index in [1.165, 1.54) is 12.1 Å². The predicted molar refractivity (Wildman–Crippen MR) is 61.6 cm³/mol. The Hall–Kier alpha value is -1.00. The molecule has 0 radical (unpaired) electrons. The summed E-state index contributed by atoms with van der Waals surface area (Å²) < 4.78 is 26.5. The van der Waals surface area contributed by atoms with E-state index in [4.69, 9.17) is 0 Å². The van der Waals surface area contributed by atoms with Crippen LogP contribution in [0.2, 0.25) is 0 Å². The van der Waals surface area contributed by atoms with Crippen molar-refractivity contribution < 1.29 is 13.9 Å². The zero-order valence-electron chi connectivity index (χ0n) is 9.92. The summed E-state index contributed by atoms with van der Waals surface area (Å²) >= 11 is 0. The Kier molecular flexibility index (Phi) is 3.45. The highest BCUT2D eigenvalue weighted by Crippen LogP contribution is 2.33. The first kappa shape index (κ1) is 12.5. The van der Waals surface area contributed by atoms with E-state index in [-0.39, 0.29) is 5.56 Å². The van der Waals surface area contributed by atoms with Crippen LogP contribution in [0.5, 0.6) is 0 Å². The molecule has 17 heavy (non-hydrogen) atoms. The Labute approximate surface area is 99.9 Å². The number of rotatable bonds is 3. The second-order valence-corrected chi connectivity index (χ2v) is 4.68. The fraction of sp³-hybridized carbons (Fsp3) is 0.538. The van der Waals surface area contributed by atoms with E-state index < -0.39 is 17.2 Å². The number of aliphatic hydroxyl groups is 1. The fourth-order valence-electron chi connectivity index (χ4n) is 2.46. The average Bonchev–Trinajstić information content (AvgIpc) is 2.61. The number of nitrogens with zero attached hydrogens (tertiary/aromatic N) is 1. The molecular weight excluding hydrogens is 224 g/mol. The van der Waals surface area contributed by atoms with E-state index in [1.54, 1.807) is 0 Å². The SMILES string of the molecule is CCCN1CCC(O)(c2ccc(F)cc2F)C1. The van der Waals surface area contributed by atoms with Crippen LogP contribution in [0.4, 0.5) is 8.78 Å². The molecule has 1 N–H and O–H groups in total. The molecule has 0 bridgehead atoms. The van der Waals surface area contributed by atoms with Crippen molar-refractivity contribution in [1.82, 2.24) is 4.90 Å². The number of hydrogen-bond acceptors (Lipinski definition) is 2. The Morgan fingerprint density at radius 1 is 1.41 bits per heavy atom. The van der Waals surface area contributed by atoms with Gasteiger partial charge in [0, 0.05) is 24.7 Å². The minimum absolute atomic E-state index is 0.206. The molecule has 1 saturated heterocycles. The van der Waals surface area contributed by atoms with Gasteiger partial charge in [-0.3, -0.25) is 0 Å². The Balaban J connectivity index is 2.21. The van der Waals surface area contributed by atoms with Gasteiger partial charge in [0.1, 0.15) is 17.2 Å². The largest absolute Gasteiger partial charge is 0.384 e. The molecule has 1 unspecified atom stereocenters. The van der Waals surface area contributed by atoms with E-state index in [0.29, 0.717) is 13.0 Å². The molecule has 1 aromatic carbocycles. The lowest BCUT2D eigenvalue weighted by molar-refractivity contribution is 0.0425. The van der Waals surface area contributed by atoms with Crippen molar-refractivity contribution in [2.24, 2.45) is 0 Å². The standard InChI is InChI=1S/C13H17F2NO/c1-2-6-16-7-5-13(17,9-16)11-4-3-10(14)8-12(11)15/h3-4,8,17H,2,5-7,9H2,1H3. The van der Waals surface area contributed by atoms with Gasteiger partial charge in [0.2, 0.25) is 0 Å². The van der Waals surface area contributed by atoms with Gasteiger partial charge in [0.15, 0.2) is 0 Å². The maximum absolute atomic E-state index is 13.6. The molecule has 0 aliphatic carbocycles. The van der Waals surface area contributed by atoms with Gasteiger partial charge in [-0.05, 0) is 25.5 Å². The second-order valence-electron chi connectivity index (χ2n) is 4.68. The lowest BCUT2D eigenvalue weighted by Crippen LogP contribution is -2.32. The van der Waals surface area contributed by atoms with Crippen LogP contribution < -0.4 is 0 Å². The molecule has 1 fully saturated rings. The summed E-state index contributed by atoms with van der Waals surface area (Å²) in [5.74, 6) is -1.27. The molecule has 94 valence electrons. The average molecular weight is 241 g/mol. The first-order valence-corrected chi connectivity index (χ1v) is 5.95. The molecule has 4 heteroatoms. The zero-order chi connectivity index (χ0) is 12.5.